The highest BCUT2D eigenvalue weighted by Crippen LogP contribution is 2.50. The molecule has 0 unspecified atom stereocenters. The molecule has 0 spiro atoms. The van der Waals surface area contributed by atoms with Crippen molar-refractivity contribution in [3.8, 4) is 0 Å². The third kappa shape index (κ3) is 3.86. The van der Waals surface area contributed by atoms with Crippen LogP contribution in [0.15, 0.2) is 89.4 Å². The molecule has 0 aromatic heterocycles. The number of hydrogen-bond acceptors (Lipinski definition) is 2. The smallest absolute Gasteiger partial charge is 0.201 e. The van der Waals surface area contributed by atoms with Crippen LogP contribution >= 0.6 is 7.92 Å². The summed E-state index contributed by atoms with van der Waals surface area (Å²) in [5.74, 6) is 0. The zero-order chi connectivity index (χ0) is 18.9. The second-order valence-corrected chi connectivity index (χ2v) is 10.1. The maximum absolute atomic E-state index is 6.08. The van der Waals surface area contributed by atoms with Gasteiger partial charge in [0.05, 0.1) is 12.2 Å². The first-order chi connectivity index (χ1) is 13.0. The van der Waals surface area contributed by atoms with Crippen LogP contribution in [-0.2, 0) is 4.74 Å². The lowest BCUT2D eigenvalue weighted by molar-refractivity contribution is 0.188. The van der Waals surface area contributed by atoms with E-state index in [1.807, 2.05) is 6.08 Å². The van der Waals surface area contributed by atoms with Gasteiger partial charge in [-0.3, -0.25) is 5.32 Å². The molecule has 0 bridgehead atoms. The first-order valence-electron chi connectivity index (χ1n) is 9.38. The van der Waals surface area contributed by atoms with Gasteiger partial charge in [-0.15, -0.1) is 5.73 Å². The molecule has 4 rings (SSSR count). The van der Waals surface area contributed by atoms with Crippen LogP contribution < -0.4 is 15.9 Å². The van der Waals surface area contributed by atoms with Crippen molar-refractivity contribution in [2.45, 2.75) is 26.8 Å². The summed E-state index contributed by atoms with van der Waals surface area (Å²) in [5.41, 5.74) is 4.65. The van der Waals surface area contributed by atoms with E-state index < -0.39 is 7.92 Å². The Morgan fingerprint density at radius 1 is 0.963 bits per heavy atom. The van der Waals surface area contributed by atoms with Gasteiger partial charge < -0.3 is 4.74 Å². The van der Waals surface area contributed by atoms with E-state index in [-0.39, 0.29) is 5.41 Å². The zero-order valence-corrected chi connectivity index (χ0v) is 17.0. The van der Waals surface area contributed by atoms with Crippen LogP contribution in [0.25, 0.3) is 0 Å². The van der Waals surface area contributed by atoms with Crippen LogP contribution in [0.2, 0.25) is 0 Å². The Kier molecular flexibility index (Phi) is 5.17. The normalized spacial score (nSPS) is 20.2. The van der Waals surface area contributed by atoms with E-state index in [4.69, 9.17) is 4.74 Å². The average molecular weight is 374 g/mol. The number of rotatable bonds is 4. The van der Waals surface area contributed by atoms with Crippen LogP contribution in [0.3, 0.4) is 0 Å². The van der Waals surface area contributed by atoms with Crippen molar-refractivity contribution < 1.29 is 4.74 Å². The fraction of sp³-hybridized carbons (Fsp3) is 0.250. The molecule has 1 saturated heterocycles. The van der Waals surface area contributed by atoms with E-state index in [9.17, 15) is 0 Å². The van der Waals surface area contributed by atoms with E-state index >= 15 is 0 Å². The average Bonchev–Trinajstić information content (AvgIpc) is 3.33. The summed E-state index contributed by atoms with van der Waals surface area (Å²) in [6, 6.07) is 21.8. The molecule has 0 saturated carbocycles. The van der Waals surface area contributed by atoms with E-state index in [1.54, 1.807) is 0 Å². The highest BCUT2D eigenvalue weighted by Gasteiger charge is 2.38. The van der Waals surface area contributed by atoms with Gasteiger partial charge in [0, 0.05) is 11.4 Å². The SMILES string of the molecule is CC(C)(C)[C@@H]1CO[C](C2=C=CC=C2P(c2ccccc2)c2ccccc2)N1. The molecule has 2 aliphatic rings. The van der Waals surface area contributed by atoms with Crippen molar-refractivity contribution >= 4 is 18.5 Å². The molecule has 2 nitrogen and oxygen atoms in total. The van der Waals surface area contributed by atoms with Gasteiger partial charge in [0.1, 0.15) is 0 Å². The number of benzene rings is 2. The molecule has 3 heteroatoms. The summed E-state index contributed by atoms with van der Waals surface area (Å²) in [4.78, 5) is 0. The van der Waals surface area contributed by atoms with E-state index in [0.717, 1.165) is 11.8 Å². The lowest BCUT2D eigenvalue weighted by Crippen LogP contribution is -2.38. The van der Waals surface area contributed by atoms with Gasteiger partial charge in [-0.05, 0) is 36.1 Å². The van der Waals surface area contributed by atoms with Gasteiger partial charge in [-0.25, -0.2) is 0 Å². The Balaban J connectivity index is 1.67. The highest BCUT2D eigenvalue weighted by atomic mass is 31.1. The molecule has 1 radical (unpaired) electrons. The zero-order valence-electron chi connectivity index (χ0n) is 16.1. The monoisotopic (exact) mass is 374 g/mol. The summed E-state index contributed by atoms with van der Waals surface area (Å²) in [5, 5.41) is 7.57. The quantitative estimate of drug-likeness (QED) is 0.623. The third-order valence-electron chi connectivity index (χ3n) is 4.97. The molecule has 137 valence electrons. The van der Waals surface area contributed by atoms with Gasteiger partial charge in [0.25, 0.3) is 0 Å². The Morgan fingerprint density at radius 2 is 1.56 bits per heavy atom. The summed E-state index contributed by atoms with van der Waals surface area (Å²) in [7, 11) is -0.660. The van der Waals surface area contributed by atoms with Gasteiger partial charge in [-0.1, -0.05) is 81.4 Å². The van der Waals surface area contributed by atoms with Crippen molar-refractivity contribution in [2.75, 3.05) is 6.61 Å². The molecular formula is C24H25NOP. The lowest BCUT2D eigenvalue weighted by Gasteiger charge is -2.27. The second-order valence-electron chi connectivity index (χ2n) is 7.95. The number of nitrogens with one attached hydrogen (secondary N) is 1. The van der Waals surface area contributed by atoms with Crippen molar-refractivity contribution in [2.24, 2.45) is 5.41 Å². The summed E-state index contributed by atoms with van der Waals surface area (Å²) >= 11 is 0. The minimum atomic E-state index is -0.660. The standard InChI is InChI=1S/C24H25NOP/c1-24(2,3)22-17-26-23(25-22)20-15-10-16-21(20)27(18-11-6-4-7-12-18)19-13-8-5-9-14-19/h4-14,16,22,25H,17H2,1-3H3/t22-/m0/s1. The Hall–Kier alpha value is -1.95. The van der Waals surface area contributed by atoms with Gasteiger partial charge in [0.2, 0.25) is 6.23 Å². The van der Waals surface area contributed by atoms with Crippen molar-refractivity contribution in [3.05, 3.63) is 95.7 Å². The van der Waals surface area contributed by atoms with Gasteiger partial charge in [0.15, 0.2) is 0 Å². The molecule has 2 aromatic carbocycles. The largest absolute Gasteiger partial charge is 0.349 e. The molecule has 1 atom stereocenters. The minimum absolute atomic E-state index is 0.151. The van der Waals surface area contributed by atoms with Crippen LogP contribution in [0.5, 0.6) is 0 Å². The molecule has 0 amide bonds. The van der Waals surface area contributed by atoms with E-state index in [1.165, 1.54) is 15.9 Å². The topological polar surface area (TPSA) is 21.3 Å². The molecule has 1 heterocycles. The Bertz CT molecular complexity index is 849. The Morgan fingerprint density at radius 3 is 2.07 bits per heavy atom. The number of allylic oxidation sites excluding steroid dienone is 1. The fourth-order valence-electron chi connectivity index (χ4n) is 3.33. The predicted octanol–water partition coefficient (Wildman–Crippen LogP) is 4.62. The second kappa shape index (κ2) is 7.58. The summed E-state index contributed by atoms with van der Waals surface area (Å²) in [6.07, 6.45) is 5.09. The molecule has 1 fully saturated rings. The number of ether oxygens (including phenoxy) is 1. The van der Waals surface area contributed by atoms with Crippen molar-refractivity contribution in [3.63, 3.8) is 0 Å². The molecule has 27 heavy (non-hydrogen) atoms. The van der Waals surface area contributed by atoms with Gasteiger partial charge >= 0.3 is 0 Å². The highest BCUT2D eigenvalue weighted by molar-refractivity contribution is 7.77. The molecule has 1 aliphatic carbocycles. The maximum Gasteiger partial charge on any atom is 0.201 e. The third-order valence-corrected chi connectivity index (χ3v) is 7.45. The lowest BCUT2D eigenvalue weighted by atomic mass is 9.88. The van der Waals surface area contributed by atoms with E-state index in [0.29, 0.717) is 12.6 Å². The number of hydrogen-bond donors (Lipinski definition) is 1. The summed E-state index contributed by atoms with van der Waals surface area (Å²) < 4.78 is 6.08. The van der Waals surface area contributed by atoms with Crippen molar-refractivity contribution in [1.29, 1.82) is 0 Å². The Labute approximate surface area is 163 Å². The first-order valence-corrected chi connectivity index (χ1v) is 10.7. The predicted molar refractivity (Wildman–Crippen MR) is 114 cm³/mol. The van der Waals surface area contributed by atoms with Crippen LogP contribution in [0.1, 0.15) is 20.8 Å². The fourth-order valence-corrected chi connectivity index (χ4v) is 5.74. The van der Waals surface area contributed by atoms with E-state index in [2.05, 4.69) is 98.6 Å². The molecular weight excluding hydrogens is 349 g/mol. The first kappa shape index (κ1) is 18.4. The van der Waals surface area contributed by atoms with Crippen LogP contribution in [-0.4, -0.2) is 12.6 Å². The van der Waals surface area contributed by atoms with Crippen LogP contribution in [0, 0.1) is 11.6 Å². The maximum atomic E-state index is 6.08. The van der Waals surface area contributed by atoms with Gasteiger partial charge in [-0.2, -0.15) is 0 Å². The molecule has 1 N–H and O–H groups in total. The summed E-state index contributed by atoms with van der Waals surface area (Å²) in [6.45, 7) is 7.43. The minimum Gasteiger partial charge on any atom is -0.349 e. The van der Waals surface area contributed by atoms with Crippen molar-refractivity contribution in [1.82, 2.24) is 5.32 Å². The molecule has 2 aromatic rings. The van der Waals surface area contributed by atoms with Crippen LogP contribution in [0.4, 0.5) is 0 Å². The molecule has 1 aliphatic heterocycles.